The minimum atomic E-state index is 0.172. The number of rotatable bonds is 5. The van der Waals surface area contributed by atoms with Crippen LogP contribution in [0.3, 0.4) is 0 Å². The molecule has 3 heteroatoms. The molecule has 0 unspecified atom stereocenters. The van der Waals surface area contributed by atoms with Crippen LogP contribution >= 0.6 is 0 Å². The summed E-state index contributed by atoms with van der Waals surface area (Å²) in [5.74, 6) is 0.172. The molecule has 0 aliphatic rings. The molecule has 0 aliphatic carbocycles. The van der Waals surface area contributed by atoms with Crippen molar-refractivity contribution in [1.82, 2.24) is 10.2 Å². The zero-order chi connectivity index (χ0) is 9.56. The molecular weight excluding hydrogens is 152 g/mol. The first-order valence-corrected chi connectivity index (χ1v) is 4.57. The van der Waals surface area contributed by atoms with Gasteiger partial charge in [0.15, 0.2) is 0 Å². The summed E-state index contributed by atoms with van der Waals surface area (Å²) >= 11 is 0. The van der Waals surface area contributed by atoms with Crippen molar-refractivity contribution >= 4 is 5.91 Å². The largest absolute Gasteiger partial charge is 0.342 e. The molecule has 0 bridgehead atoms. The zero-order valence-corrected chi connectivity index (χ0v) is 8.55. The molecule has 1 N–H and O–H groups in total. The molecule has 1 amide bonds. The van der Waals surface area contributed by atoms with E-state index in [0.29, 0.717) is 12.6 Å². The van der Waals surface area contributed by atoms with Crippen molar-refractivity contribution in [2.45, 2.75) is 32.7 Å². The van der Waals surface area contributed by atoms with Gasteiger partial charge in [-0.05, 0) is 19.9 Å². The first-order valence-electron chi connectivity index (χ1n) is 4.57. The van der Waals surface area contributed by atoms with E-state index in [9.17, 15) is 4.79 Å². The number of nitrogens with one attached hydrogen (secondary N) is 1. The van der Waals surface area contributed by atoms with E-state index in [1.165, 1.54) is 0 Å². The van der Waals surface area contributed by atoms with Gasteiger partial charge < -0.3 is 10.2 Å². The van der Waals surface area contributed by atoms with Gasteiger partial charge in [0.1, 0.15) is 0 Å². The zero-order valence-electron chi connectivity index (χ0n) is 8.55. The van der Waals surface area contributed by atoms with Crippen molar-refractivity contribution in [2.75, 3.05) is 20.6 Å². The lowest BCUT2D eigenvalue weighted by molar-refractivity contribution is -0.131. The van der Waals surface area contributed by atoms with Crippen LogP contribution in [-0.4, -0.2) is 37.5 Å². The monoisotopic (exact) mass is 172 g/mol. The summed E-state index contributed by atoms with van der Waals surface area (Å²) in [6, 6.07) is 0.394. The van der Waals surface area contributed by atoms with Crippen molar-refractivity contribution in [3.05, 3.63) is 0 Å². The highest BCUT2D eigenvalue weighted by molar-refractivity contribution is 5.78. The molecule has 0 saturated carbocycles. The van der Waals surface area contributed by atoms with Crippen LogP contribution in [-0.2, 0) is 4.79 Å². The molecule has 0 rings (SSSR count). The smallest absolute Gasteiger partial charge is 0.236 e. The molecule has 0 heterocycles. The summed E-state index contributed by atoms with van der Waals surface area (Å²) in [6.45, 7) is 4.65. The Labute approximate surface area is 75.1 Å². The van der Waals surface area contributed by atoms with Crippen LogP contribution in [0.25, 0.3) is 0 Å². The van der Waals surface area contributed by atoms with E-state index < -0.39 is 0 Å². The van der Waals surface area contributed by atoms with Crippen molar-refractivity contribution in [3.63, 3.8) is 0 Å². The van der Waals surface area contributed by atoms with Gasteiger partial charge in [0.2, 0.25) is 5.91 Å². The molecule has 0 aliphatic heterocycles. The van der Waals surface area contributed by atoms with E-state index in [0.717, 1.165) is 12.8 Å². The highest BCUT2D eigenvalue weighted by Gasteiger charge is 2.14. The Morgan fingerprint density at radius 2 is 1.92 bits per heavy atom. The topological polar surface area (TPSA) is 32.3 Å². The summed E-state index contributed by atoms with van der Waals surface area (Å²) in [4.78, 5) is 13.2. The lowest BCUT2D eigenvalue weighted by Crippen LogP contribution is -2.40. The molecule has 72 valence electrons. The summed E-state index contributed by atoms with van der Waals surface area (Å²) in [5, 5.41) is 2.86. The minimum absolute atomic E-state index is 0.172. The summed E-state index contributed by atoms with van der Waals surface area (Å²) in [7, 11) is 3.66. The number of hydrogen-bond donors (Lipinski definition) is 1. The summed E-state index contributed by atoms with van der Waals surface area (Å²) < 4.78 is 0. The second-order valence-electron chi connectivity index (χ2n) is 3.01. The third-order valence-electron chi connectivity index (χ3n) is 2.21. The van der Waals surface area contributed by atoms with Crippen LogP contribution in [0.15, 0.2) is 0 Å². The average molecular weight is 172 g/mol. The molecule has 0 radical (unpaired) electrons. The summed E-state index contributed by atoms with van der Waals surface area (Å²) in [5.41, 5.74) is 0. The van der Waals surface area contributed by atoms with Crippen LogP contribution in [0.4, 0.5) is 0 Å². The lowest BCUT2D eigenvalue weighted by Gasteiger charge is -2.26. The van der Waals surface area contributed by atoms with Crippen LogP contribution in [0.5, 0.6) is 0 Å². The molecule has 0 aromatic rings. The van der Waals surface area contributed by atoms with Crippen molar-refractivity contribution in [3.8, 4) is 0 Å². The molecule has 0 aromatic heterocycles. The highest BCUT2D eigenvalue weighted by Crippen LogP contribution is 2.05. The van der Waals surface area contributed by atoms with Gasteiger partial charge in [0.05, 0.1) is 6.54 Å². The Kier molecular flexibility index (Phi) is 5.72. The van der Waals surface area contributed by atoms with Gasteiger partial charge in [0, 0.05) is 13.1 Å². The molecule has 12 heavy (non-hydrogen) atoms. The minimum Gasteiger partial charge on any atom is -0.342 e. The van der Waals surface area contributed by atoms with E-state index in [-0.39, 0.29) is 5.91 Å². The third kappa shape index (κ3) is 3.22. The maximum absolute atomic E-state index is 11.4. The molecule has 0 aromatic carbocycles. The fourth-order valence-corrected chi connectivity index (χ4v) is 1.32. The number of likely N-dealkylation sites (N-methyl/N-ethyl adjacent to an activating group) is 2. The van der Waals surface area contributed by atoms with Crippen molar-refractivity contribution < 1.29 is 4.79 Å². The average Bonchev–Trinajstić information content (AvgIpc) is 2.07. The SMILES string of the molecule is CCC(CC)N(C)C(=O)CNC. The van der Waals surface area contributed by atoms with Gasteiger partial charge in [-0.1, -0.05) is 13.8 Å². The van der Waals surface area contributed by atoms with Gasteiger partial charge in [-0.2, -0.15) is 0 Å². The van der Waals surface area contributed by atoms with E-state index >= 15 is 0 Å². The molecule has 0 spiro atoms. The Hall–Kier alpha value is -0.570. The summed E-state index contributed by atoms with van der Waals surface area (Å²) in [6.07, 6.45) is 2.06. The molecule has 0 atom stereocenters. The van der Waals surface area contributed by atoms with Crippen LogP contribution in [0.2, 0.25) is 0 Å². The third-order valence-corrected chi connectivity index (χ3v) is 2.21. The Bertz CT molecular complexity index is 132. The molecule has 3 nitrogen and oxygen atoms in total. The normalized spacial score (nSPS) is 10.4. The first-order chi connectivity index (χ1) is 5.67. The fraction of sp³-hybridized carbons (Fsp3) is 0.889. The van der Waals surface area contributed by atoms with Gasteiger partial charge in [0.25, 0.3) is 0 Å². The van der Waals surface area contributed by atoms with Crippen molar-refractivity contribution in [2.24, 2.45) is 0 Å². The van der Waals surface area contributed by atoms with Gasteiger partial charge in [-0.15, -0.1) is 0 Å². The maximum Gasteiger partial charge on any atom is 0.236 e. The second-order valence-corrected chi connectivity index (χ2v) is 3.01. The van der Waals surface area contributed by atoms with E-state index in [4.69, 9.17) is 0 Å². The Morgan fingerprint density at radius 1 is 1.42 bits per heavy atom. The van der Waals surface area contributed by atoms with E-state index in [1.807, 2.05) is 11.9 Å². The first kappa shape index (κ1) is 11.4. The number of nitrogens with zero attached hydrogens (tertiary/aromatic N) is 1. The fourth-order valence-electron chi connectivity index (χ4n) is 1.32. The van der Waals surface area contributed by atoms with E-state index in [1.54, 1.807) is 7.05 Å². The predicted molar refractivity (Wildman–Crippen MR) is 51.1 cm³/mol. The van der Waals surface area contributed by atoms with Crippen LogP contribution in [0.1, 0.15) is 26.7 Å². The molecule has 0 saturated heterocycles. The second kappa shape index (κ2) is 6.00. The lowest BCUT2D eigenvalue weighted by atomic mass is 10.1. The number of hydrogen-bond acceptors (Lipinski definition) is 2. The maximum atomic E-state index is 11.4. The van der Waals surface area contributed by atoms with Gasteiger partial charge in [-0.25, -0.2) is 0 Å². The predicted octanol–water partition coefficient (Wildman–Crippen LogP) is 0.853. The molecule has 0 fully saturated rings. The standard InChI is InChI=1S/C9H20N2O/c1-5-8(6-2)11(4)9(12)7-10-3/h8,10H,5-7H2,1-4H3. The van der Waals surface area contributed by atoms with Gasteiger partial charge >= 0.3 is 0 Å². The van der Waals surface area contributed by atoms with Crippen LogP contribution < -0.4 is 5.32 Å². The number of carbonyl (C=O) groups excluding carboxylic acids is 1. The Morgan fingerprint density at radius 3 is 2.25 bits per heavy atom. The molecular formula is C9H20N2O. The Balaban J connectivity index is 3.96. The van der Waals surface area contributed by atoms with Crippen molar-refractivity contribution in [1.29, 1.82) is 0 Å². The number of amides is 1. The quantitative estimate of drug-likeness (QED) is 0.667. The highest BCUT2D eigenvalue weighted by atomic mass is 16.2. The number of carbonyl (C=O) groups is 1. The van der Waals surface area contributed by atoms with Gasteiger partial charge in [-0.3, -0.25) is 4.79 Å². The van der Waals surface area contributed by atoms with E-state index in [2.05, 4.69) is 19.2 Å². The van der Waals surface area contributed by atoms with Crippen LogP contribution in [0, 0.1) is 0 Å².